The lowest BCUT2D eigenvalue weighted by molar-refractivity contribution is -0.117. The van der Waals surface area contributed by atoms with Gasteiger partial charge in [-0.05, 0) is 49.0 Å². The van der Waals surface area contributed by atoms with E-state index >= 15 is 0 Å². The van der Waals surface area contributed by atoms with E-state index in [1.807, 2.05) is 0 Å². The van der Waals surface area contributed by atoms with Crippen LogP contribution in [-0.2, 0) is 4.79 Å². The zero-order chi connectivity index (χ0) is 13.8. The monoisotopic (exact) mass is 297 g/mol. The van der Waals surface area contributed by atoms with Crippen molar-refractivity contribution in [3.63, 3.8) is 0 Å². The number of rotatable bonds is 3. The molecule has 1 N–H and O–H groups in total. The number of amides is 1. The molecule has 2 nitrogen and oxygen atoms in total. The van der Waals surface area contributed by atoms with Crippen LogP contribution in [0.4, 0.5) is 0 Å². The maximum Gasteiger partial charge on any atom is 0.244 e. The molecule has 1 fully saturated rings. The Morgan fingerprint density at radius 3 is 2.79 bits per heavy atom. The smallest absolute Gasteiger partial charge is 0.244 e. The van der Waals surface area contributed by atoms with Gasteiger partial charge in [-0.3, -0.25) is 4.79 Å². The highest BCUT2D eigenvalue weighted by atomic mass is 35.5. The molecule has 0 aromatic heterocycles. The molecular formula is C15H17Cl2NO. The zero-order valence-electron chi connectivity index (χ0n) is 10.8. The summed E-state index contributed by atoms with van der Waals surface area (Å²) in [5.74, 6) is 0.644. The number of hydrogen-bond acceptors (Lipinski definition) is 1. The molecule has 102 valence electrons. The highest BCUT2D eigenvalue weighted by Gasteiger charge is 2.21. The fourth-order valence-corrected chi connectivity index (χ4v) is 2.86. The molecule has 19 heavy (non-hydrogen) atoms. The van der Waals surface area contributed by atoms with Gasteiger partial charge in [0, 0.05) is 22.2 Å². The zero-order valence-corrected chi connectivity index (χ0v) is 12.3. The van der Waals surface area contributed by atoms with Gasteiger partial charge in [0.1, 0.15) is 0 Å². The molecule has 0 aliphatic heterocycles. The minimum absolute atomic E-state index is 0.0647. The summed E-state index contributed by atoms with van der Waals surface area (Å²) in [6, 6.07) is 5.53. The van der Waals surface area contributed by atoms with E-state index < -0.39 is 0 Å². The molecule has 0 bridgehead atoms. The highest BCUT2D eigenvalue weighted by molar-refractivity contribution is 6.35. The molecule has 2 rings (SSSR count). The van der Waals surface area contributed by atoms with Crippen LogP contribution in [0.25, 0.3) is 6.08 Å². The lowest BCUT2D eigenvalue weighted by Crippen LogP contribution is -2.31. The molecule has 1 aliphatic carbocycles. The Morgan fingerprint density at radius 2 is 2.16 bits per heavy atom. The van der Waals surface area contributed by atoms with Gasteiger partial charge in [-0.1, -0.05) is 36.2 Å². The van der Waals surface area contributed by atoms with Crippen molar-refractivity contribution in [3.8, 4) is 0 Å². The average Bonchev–Trinajstić information content (AvgIpc) is 2.73. The molecule has 1 aliphatic rings. The Kier molecular flexibility index (Phi) is 4.89. The Morgan fingerprint density at radius 1 is 1.37 bits per heavy atom. The topological polar surface area (TPSA) is 29.1 Å². The van der Waals surface area contributed by atoms with Gasteiger partial charge in [-0.2, -0.15) is 0 Å². The normalized spacial score (nSPS) is 22.9. The summed E-state index contributed by atoms with van der Waals surface area (Å²) >= 11 is 11.9. The van der Waals surface area contributed by atoms with Crippen LogP contribution in [0.15, 0.2) is 24.3 Å². The van der Waals surface area contributed by atoms with Gasteiger partial charge in [0.25, 0.3) is 0 Å². The van der Waals surface area contributed by atoms with Crippen molar-refractivity contribution in [2.45, 2.75) is 32.2 Å². The third-order valence-electron chi connectivity index (χ3n) is 3.42. The first kappa shape index (κ1) is 14.4. The van der Waals surface area contributed by atoms with Crippen molar-refractivity contribution in [1.29, 1.82) is 0 Å². The number of halogens is 2. The lowest BCUT2D eigenvalue weighted by atomic mass is 10.1. The van der Waals surface area contributed by atoms with Crippen LogP contribution >= 0.6 is 23.2 Å². The number of nitrogens with one attached hydrogen (secondary N) is 1. The minimum Gasteiger partial charge on any atom is -0.350 e. The molecule has 0 radical (unpaired) electrons. The molecule has 1 aromatic carbocycles. The maximum atomic E-state index is 11.8. The van der Waals surface area contributed by atoms with E-state index in [9.17, 15) is 4.79 Å². The molecule has 2 atom stereocenters. The Bertz CT molecular complexity index is 499. The summed E-state index contributed by atoms with van der Waals surface area (Å²) in [7, 11) is 0. The van der Waals surface area contributed by atoms with Crippen LogP contribution in [0.2, 0.25) is 10.0 Å². The Balaban J connectivity index is 1.92. The molecule has 0 heterocycles. The van der Waals surface area contributed by atoms with E-state index in [1.54, 1.807) is 24.3 Å². The number of hydrogen-bond donors (Lipinski definition) is 1. The first-order valence-electron chi connectivity index (χ1n) is 6.48. The van der Waals surface area contributed by atoms with Crippen LogP contribution < -0.4 is 5.32 Å². The van der Waals surface area contributed by atoms with Crippen molar-refractivity contribution in [1.82, 2.24) is 5.32 Å². The van der Waals surface area contributed by atoms with Crippen LogP contribution in [0.1, 0.15) is 31.7 Å². The van der Waals surface area contributed by atoms with Crippen molar-refractivity contribution in [2.24, 2.45) is 5.92 Å². The van der Waals surface area contributed by atoms with Gasteiger partial charge in [-0.25, -0.2) is 0 Å². The molecule has 4 heteroatoms. The molecule has 2 unspecified atom stereocenters. The first-order chi connectivity index (χ1) is 9.04. The average molecular weight is 298 g/mol. The lowest BCUT2D eigenvalue weighted by Gasteiger charge is -2.10. The summed E-state index contributed by atoms with van der Waals surface area (Å²) < 4.78 is 0. The third kappa shape index (κ3) is 4.26. The maximum absolute atomic E-state index is 11.8. The Hall–Kier alpha value is -0.990. The van der Waals surface area contributed by atoms with Crippen LogP contribution in [0.3, 0.4) is 0 Å². The van der Waals surface area contributed by atoms with Gasteiger partial charge in [-0.15, -0.1) is 0 Å². The summed E-state index contributed by atoms with van der Waals surface area (Å²) in [5, 5.41) is 4.15. The minimum atomic E-state index is -0.0647. The predicted molar refractivity (Wildman–Crippen MR) is 80.4 cm³/mol. The van der Waals surface area contributed by atoms with Crippen LogP contribution in [0, 0.1) is 5.92 Å². The summed E-state index contributed by atoms with van der Waals surface area (Å²) in [4.78, 5) is 11.8. The van der Waals surface area contributed by atoms with Crippen molar-refractivity contribution in [3.05, 3.63) is 39.9 Å². The largest absolute Gasteiger partial charge is 0.350 e. The van der Waals surface area contributed by atoms with E-state index in [0.717, 1.165) is 18.4 Å². The molecule has 1 amide bonds. The van der Waals surface area contributed by atoms with Crippen molar-refractivity contribution < 1.29 is 4.79 Å². The number of benzene rings is 1. The van der Waals surface area contributed by atoms with Crippen molar-refractivity contribution >= 4 is 35.2 Å². The van der Waals surface area contributed by atoms with Gasteiger partial charge in [0.05, 0.1) is 0 Å². The second kappa shape index (κ2) is 6.44. The predicted octanol–water partition coefficient (Wildman–Crippen LogP) is 4.31. The van der Waals surface area contributed by atoms with Gasteiger partial charge in [0.2, 0.25) is 5.91 Å². The van der Waals surface area contributed by atoms with E-state index in [-0.39, 0.29) is 5.91 Å². The quantitative estimate of drug-likeness (QED) is 0.828. The second-order valence-electron chi connectivity index (χ2n) is 5.12. The van der Waals surface area contributed by atoms with Crippen molar-refractivity contribution in [2.75, 3.05) is 0 Å². The van der Waals surface area contributed by atoms with E-state index in [1.165, 1.54) is 12.5 Å². The molecule has 1 saturated carbocycles. The second-order valence-corrected chi connectivity index (χ2v) is 5.97. The molecule has 0 saturated heterocycles. The summed E-state index contributed by atoms with van der Waals surface area (Å²) in [5.41, 5.74) is 0.793. The fourth-order valence-electron chi connectivity index (χ4n) is 2.39. The van der Waals surface area contributed by atoms with E-state index in [4.69, 9.17) is 23.2 Å². The van der Waals surface area contributed by atoms with Gasteiger partial charge in [0.15, 0.2) is 0 Å². The fraction of sp³-hybridized carbons (Fsp3) is 0.400. The Labute approximate surface area is 123 Å². The third-order valence-corrected chi connectivity index (χ3v) is 3.98. The van der Waals surface area contributed by atoms with Crippen LogP contribution in [-0.4, -0.2) is 11.9 Å². The summed E-state index contributed by atoms with van der Waals surface area (Å²) in [6.07, 6.45) is 6.58. The highest BCUT2D eigenvalue weighted by Crippen LogP contribution is 2.25. The molecular weight excluding hydrogens is 281 g/mol. The van der Waals surface area contributed by atoms with Gasteiger partial charge < -0.3 is 5.32 Å². The SMILES string of the molecule is CC1CCC(NC(=O)/C=C/c2ccc(Cl)cc2Cl)C1. The standard InChI is InChI=1S/C15H17Cl2NO/c1-10-2-6-13(8-10)18-15(19)7-4-11-3-5-12(16)9-14(11)17/h3-5,7,9-10,13H,2,6,8H2,1H3,(H,18,19)/b7-4+. The van der Waals surface area contributed by atoms with E-state index in [2.05, 4.69) is 12.2 Å². The van der Waals surface area contributed by atoms with Crippen LogP contribution in [0.5, 0.6) is 0 Å². The molecule has 0 spiro atoms. The first-order valence-corrected chi connectivity index (χ1v) is 7.24. The summed E-state index contributed by atoms with van der Waals surface area (Å²) in [6.45, 7) is 2.22. The van der Waals surface area contributed by atoms with Gasteiger partial charge >= 0.3 is 0 Å². The number of carbonyl (C=O) groups is 1. The molecule has 1 aromatic rings. The van der Waals surface area contributed by atoms with E-state index in [0.29, 0.717) is 22.0 Å². The number of carbonyl (C=O) groups excluding carboxylic acids is 1.